The van der Waals surface area contributed by atoms with Gasteiger partial charge in [0.2, 0.25) is 11.8 Å². The average Bonchev–Trinajstić information content (AvgIpc) is 3.33. The summed E-state index contributed by atoms with van der Waals surface area (Å²) >= 11 is 4.49. The van der Waals surface area contributed by atoms with Crippen LogP contribution >= 0.6 is 27.9 Å². The van der Waals surface area contributed by atoms with Gasteiger partial charge < -0.3 is 19.6 Å². The number of oxazole rings is 1. The minimum atomic E-state index is -0.981. The first-order valence-corrected chi connectivity index (χ1v) is 14.8. The topological polar surface area (TPSA) is 122 Å². The third-order valence-electron chi connectivity index (χ3n) is 6.17. The van der Waals surface area contributed by atoms with Crippen LogP contribution in [-0.4, -0.2) is 38.7 Å². The van der Waals surface area contributed by atoms with Crippen molar-refractivity contribution in [3.8, 4) is 17.1 Å². The first-order valence-electron chi connectivity index (χ1n) is 13.1. The number of nitrogens with zero attached hydrogens (tertiary/aromatic N) is 3. The number of hydrogen-bond donors (Lipinski definition) is 3. The van der Waals surface area contributed by atoms with E-state index in [9.17, 15) is 9.90 Å². The Morgan fingerprint density at radius 3 is 2.49 bits per heavy atom. The molecule has 1 unspecified atom stereocenters. The summed E-state index contributed by atoms with van der Waals surface area (Å²) in [7, 11) is 0. The molecule has 0 aliphatic carbocycles. The molecule has 0 amide bonds. The number of benzene rings is 2. The molecule has 0 radical (unpaired) electrons. The Balaban J connectivity index is 1.58. The number of carboxylic acids is 1. The smallest absolute Gasteiger partial charge is 0.335 e. The van der Waals surface area contributed by atoms with Crippen molar-refractivity contribution in [2.75, 3.05) is 11.3 Å². The van der Waals surface area contributed by atoms with Crippen molar-refractivity contribution in [1.82, 2.24) is 20.3 Å². The minimum absolute atomic E-state index is 0.0219. The summed E-state index contributed by atoms with van der Waals surface area (Å²) in [5.74, 6) is -0.186. The molecule has 2 aromatic carbocycles. The second-order valence-corrected chi connectivity index (χ2v) is 12.5. The van der Waals surface area contributed by atoms with E-state index < -0.39 is 5.97 Å². The van der Waals surface area contributed by atoms with Gasteiger partial charge in [-0.25, -0.2) is 14.8 Å². The van der Waals surface area contributed by atoms with E-state index in [1.807, 2.05) is 18.2 Å². The van der Waals surface area contributed by atoms with E-state index in [1.165, 1.54) is 11.9 Å². The maximum atomic E-state index is 11.4. The van der Waals surface area contributed by atoms with Crippen molar-refractivity contribution >= 4 is 39.8 Å². The molecule has 0 aliphatic heterocycles. The molecule has 0 saturated heterocycles. The first-order chi connectivity index (χ1) is 19.5. The van der Waals surface area contributed by atoms with Crippen LogP contribution in [0.4, 0.5) is 5.95 Å². The summed E-state index contributed by atoms with van der Waals surface area (Å²) in [4.78, 5) is 26.3. The van der Waals surface area contributed by atoms with Crippen molar-refractivity contribution in [3.05, 3.63) is 82.0 Å². The molecule has 0 aliphatic rings. The Labute approximate surface area is 252 Å². The summed E-state index contributed by atoms with van der Waals surface area (Å²) in [6.07, 6.45) is 2.48. The maximum absolute atomic E-state index is 11.4. The molecular formula is C30H34BrN5O4S. The van der Waals surface area contributed by atoms with E-state index in [1.54, 1.807) is 24.5 Å². The molecule has 2 aromatic heterocycles. The van der Waals surface area contributed by atoms with Crippen molar-refractivity contribution in [3.63, 3.8) is 0 Å². The molecule has 9 nitrogen and oxygen atoms in total. The van der Waals surface area contributed by atoms with Crippen LogP contribution < -0.4 is 14.8 Å². The summed E-state index contributed by atoms with van der Waals surface area (Å²) in [5, 5.41) is 12.9. The number of carboxylic acid groups (broad SMARTS) is 1. The predicted octanol–water partition coefficient (Wildman–Crippen LogP) is 7.30. The van der Waals surface area contributed by atoms with Gasteiger partial charge in [0.05, 0.1) is 17.0 Å². The van der Waals surface area contributed by atoms with Crippen LogP contribution in [0.15, 0.2) is 68.9 Å². The number of halogens is 1. The highest BCUT2D eigenvalue weighted by molar-refractivity contribution is 9.10. The molecule has 0 saturated carbocycles. The lowest BCUT2D eigenvalue weighted by Crippen LogP contribution is -2.37. The number of nitrogens with one attached hydrogen (secondary N) is 2. The van der Waals surface area contributed by atoms with Gasteiger partial charge in [-0.2, -0.15) is 4.98 Å². The maximum Gasteiger partial charge on any atom is 0.335 e. The summed E-state index contributed by atoms with van der Waals surface area (Å²) in [5.41, 5.74) is 5.00. The van der Waals surface area contributed by atoms with Gasteiger partial charge in [0, 0.05) is 45.0 Å². The van der Waals surface area contributed by atoms with Crippen molar-refractivity contribution in [2.24, 2.45) is 5.41 Å². The number of aromatic nitrogens is 3. The highest BCUT2D eigenvalue weighted by Gasteiger charge is 2.21. The number of carbonyl (C=O) groups is 1. The predicted molar refractivity (Wildman–Crippen MR) is 164 cm³/mol. The Hall–Kier alpha value is -3.41. The standard InChI is InChI=1S/C30H34BrN5O4S/c1-18-8-6-9-19(2)26(18)24-13-25(35-29(34-24)36-41-23-11-7-10-20(12-23)27(37)38)39-16-21(14-30(3,4)5)32-15-22-17-40-28(31)33-22/h6-13,17,21,32H,14-16H2,1-5H3,(H,37,38)(H,34,35,36). The molecule has 4 aromatic rings. The SMILES string of the molecule is Cc1cccc(C)c1-c1cc(OCC(CC(C)(C)C)NCc2coc(Br)n2)nc(NSc2cccc(C(=O)O)c2)n1. The van der Waals surface area contributed by atoms with Gasteiger partial charge >= 0.3 is 5.97 Å². The third-order valence-corrected chi connectivity index (χ3v) is 7.31. The fraction of sp³-hybridized carbons (Fsp3) is 0.333. The zero-order valence-electron chi connectivity index (χ0n) is 23.7. The van der Waals surface area contributed by atoms with Gasteiger partial charge in [0.1, 0.15) is 12.9 Å². The Kier molecular flexibility index (Phi) is 10.1. The molecule has 0 fully saturated rings. The van der Waals surface area contributed by atoms with Crippen molar-refractivity contribution in [1.29, 1.82) is 0 Å². The summed E-state index contributed by atoms with van der Waals surface area (Å²) in [6, 6.07) is 14.7. The van der Waals surface area contributed by atoms with Gasteiger partial charge in [-0.05, 0) is 67.0 Å². The molecule has 41 heavy (non-hydrogen) atoms. The molecule has 0 bridgehead atoms. The fourth-order valence-corrected chi connectivity index (χ4v) is 5.37. The largest absolute Gasteiger partial charge is 0.478 e. The van der Waals surface area contributed by atoms with Crippen LogP contribution in [0.1, 0.15) is 54.4 Å². The van der Waals surface area contributed by atoms with Gasteiger partial charge in [-0.1, -0.05) is 45.0 Å². The van der Waals surface area contributed by atoms with E-state index in [4.69, 9.17) is 14.1 Å². The Morgan fingerprint density at radius 2 is 1.83 bits per heavy atom. The fourth-order valence-electron chi connectivity index (χ4n) is 4.42. The van der Waals surface area contributed by atoms with Crippen LogP contribution in [-0.2, 0) is 6.54 Å². The number of rotatable bonds is 12. The van der Waals surface area contributed by atoms with Crippen molar-refractivity contribution < 1.29 is 19.1 Å². The van der Waals surface area contributed by atoms with Crippen LogP contribution in [0.25, 0.3) is 11.3 Å². The quantitative estimate of drug-likeness (QED) is 0.136. The van der Waals surface area contributed by atoms with Crippen LogP contribution in [0.5, 0.6) is 5.88 Å². The van der Waals surface area contributed by atoms with Gasteiger partial charge in [-0.15, -0.1) is 0 Å². The monoisotopic (exact) mass is 639 g/mol. The number of aromatic carboxylic acids is 1. The van der Waals surface area contributed by atoms with Crippen LogP contribution in [0, 0.1) is 19.3 Å². The normalized spacial score (nSPS) is 12.2. The molecule has 1 atom stereocenters. The number of ether oxygens (including phenoxy) is 1. The number of anilines is 1. The molecule has 216 valence electrons. The molecule has 0 spiro atoms. The van der Waals surface area contributed by atoms with E-state index in [0.717, 1.165) is 39.4 Å². The lowest BCUT2D eigenvalue weighted by atomic mass is 9.88. The zero-order valence-corrected chi connectivity index (χ0v) is 26.1. The van der Waals surface area contributed by atoms with E-state index in [-0.39, 0.29) is 17.0 Å². The Morgan fingerprint density at radius 1 is 1.10 bits per heavy atom. The molecule has 3 N–H and O–H groups in total. The molecule has 11 heteroatoms. The molecular weight excluding hydrogens is 606 g/mol. The number of hydrogen-bond acceptors (Lipinski definition) is 9. The lowest BCUT2D eigenvalue weighted by Gasteiger charge is -2.26. The Bertz CT molecular complexity index is 1480. The van der Waals surface area contributed by atoms with E-state index in [0.29, 0.717) is 29.8 Å². The average molecular weight is 641 g/mol. The minimum Gasteiger partial charge on any atom is -0.478 e. The highest BCUT2D eigenvalue weighted by Crippen LogP contribution is 2.30. The van der Waals surface area contributed by atoms with Gasteiger partial charge in [-0.3, -0.25) is 4.72 Å². The van der Waals surface area contributed by atoms with Gasteiger partial charge in [0.25, 0.3) is 4.80 Å². The second kappa shape index (κ2) is 13.5. The molecule has 2 heterocycles. The third kappa shape index (κ3) is 9.04. The summed E-state index contributed by atoms with van der Waals surface area (Å²) < 4.78 is 14.7. The first kappa shape index (κ1) is 30.5. The number of aryl methyl sites for hydroxylation is 2. The summed E-state index contributed by atoms with van der Waals surface area (Å²) in [6.45, 7) is 11.6. The van der Waals surface area contributed by atoms with Gasteiger partial charge in [0.15, 0.2) is 0 Å². The highest BCUT2D eigenvalue weighted by atomic mass is 79.9. The zero-order chi connectivity index (χ0) is 29.6. The lowest BCUT2D eigenvalue weighted by molar-refractivity contribution is 0.0696. The van der Waals surface area contributed by atoms with E-state index in [2.05, 4.69) is 82.7 Å². The second-order valence-electron chi connectivity index (χ2n) is 11.0. The van der Waals surface area contributed by atoms with Crippen LogP contribution in [0.2, 0.25) is 0 Å². The van der Waals surface area contributed by atoms with Crippen LogP contribution in [0.3, 0.4) is 0 Å². The van der Waals surface area contributed by atoms with Crippen molar-refractivity contribution in [2.45, 2.75) is 58.5 Å². The van der Waals surface area contributed by atoms with E-state index >= 15 is 0 Å². The molecule has 4 rings (SSSR count).